The lowest BCUT2D eigenvalue weighted by molar-refractivity contribution is -0.0135. The zero-order valence-corrected chi connectivity index (χ0v) is 19.0. The molecule has 0 radical (unpaired) electrons. The molecule has 0 fully saturated rings. The second-order valence-electron chi connectivity index (χ2n) is 9.04. The van der Waals surface area contributed by atoms with E-state index in [2.05, 4.69) is 19.2 Å². The van der Waals surface area contributed by atoms with Crippen LogP contribution in [0.4, 0.5) is 4.79 Å². The van der Waals surface area contributed by atoms with Gasteiger partial charge in [-0.2, -0.15) is 0 Å². The van der Waals surface area contributed by atoms with Crippen molar-refractivity contribution in [3.63, 3.8) is 0 Å². The maximum Gasteiger partial charge on any atom is 0.410 e. The number of aliphatic hydroxyl groups excluding tert-OH is 1. The normalized spacial score (nSPS) is 13.5. The maximum absolute atomic E-state index is 13.1. The van der Waals surface area contributed by atoms with E-state index in [1.807, 2.05) is 30.3 Å². The van der Waals surface area contributed by atoms with Crippen LogP contribution in [0, 0.1) is 5.92 Å². The average Bonchev–Trinajstić information content (AvgIpc) is 3.21. The fourth-order valence-corrected chi connectivity index (χ4v) is 3.07. The smallest absolute Gasteiger partial charge is 0.410 e. The summed E-state index contributed by atoms with van der Waals surface area (Å²) < 4.78 is 10.6. The molecular weight excluding hydrogens is 396 g/mol. The van der Waals surface area contributed by atoms with Gasteiger partial charge in [0, 0.05) is 6.54 Å². The molecule has 0 saturated carbocycles. The van der Waals surface area contributed by atoms with E-state index in [4.69, 9.17) is 9.15 Å². The molecule has 0 aliphatic carbocycles. The molecule has 1 heterocycles. The van der Waals surface area contributed by atoms with Crippen LogP contribution >= 0.6 is 0 Å². The van der Waals surface area contributed by atoms with Gasteiger partial charge < -0.3 is 24.5 Å². The fraction of sp³-hybridized carbons (Fsp3) is 0.500. The number of carbonyl (C=O) groups is 2. The van der Waals surface area contributed by atoms with Gasteiger partial charge in [0.1, 0.15) is 18.1 Å². The number of hydrogen-bond acceptors (Lipinski definition) is 5. The van der Waals surface area contributed by atoms with E-state index >= 15 is 0 Å². The van der Waals surface area contributed by atoms with E-state index < -0.39 is 29.9 Å². The number of hydrogen-bond donors (Lipinski definition) is 2. The number of furan rings is 1. The second kappa shape index (κ2) is 11.0. The average molecular weight is 431 g/mol. The van der Waals surface area contributed by atoms with Crippen molar-refractivity contribution in [3.05, 3.63) is 60.1 Å². The minimum absolute atomic E-state index is 0.295. The lowest BCUT2D eigenvalue weighted by atomic mass is 10.0. The van der Waals surface area contributed by atoms with Crippen LogP contribution in [0.25, 0.3) is 0 Å². The zero-order chi connectivity index (χ0) is 23.0. The summed E-state index contributed by atoms with van der Waals surface area (Å²) in [5.74, 6) is -0.132. The Morgan fingerprint density at radius 1 is 1.16 bits per heavy atom. The first-order valence-electron chi connectivity index (χ1n) is 10.6. The summed E-state index contributed by atoms with van der Waals surface area (Å²) in [4.78, 5) is 27.1. The van der Waals surface area contributed by atoms with Gasteiger partial charge in [-0.25, -0.2) is 4.79 Å². The van der Waals surface area contributed by atoms with Gasteiger partial charge >= 0.3 is 6.09 Å². The van der Waals surface area contributed by atoms with Crippen molar-refractivity contribution in [2.24, 2.45) is 5.92 Å². The number of amides is 2. The van der Waals surface area contributed by atoms with E-state index in [9.17, 15) is 14.7 Å². The number of nitrogens with zero attached hydrogens (tertiary/aromatic N) is 1. The molecule has 2 atom stereocenters. The highest BCUT2D eigenvalue weighted by molar-refractivity contribution is 5.93. The van der Waals surface area contributed by atoms with Gasteiger partial charge in [0.15, 0.2) is 0 Å². The van der Waals surface area contributed by atoms with Crippen LogP contribution in [-0.4, -0.2) is 46.4 Å². The molecule has 1 aromatic carbocycles. The molecule has 2 rings (SSSR count). The molecule has 1 aromatic heterocycles. The topological polar surface area (TPSA) is 92.0 Å². The van der Waals surface area contributed by atoms with Crippen LogP contribution < -0.4 is 5.32 Å². The summed E-state index contributed by atoms with van der Waals surface area (Å²) in [5, 5.41) is 13.6. The minimum atomic E-state index is -1.30. The van der Waals surface area contributed by atoms with Crippen LogP contribution in [0.5, 0.6) is 0 Å². The number of carbonyl (C=O) groups excluding carboxylic acids is 2. The van der Waals surface area contributed by atoms with E-state index in [-0.39, 0.29) is 0 Å². The highest BCUT2D eigenvalue weighted by atomic mass is 16.6. The number of ether oxygens (including phenoxy) is 1. The Labute approximate surface area is 184 Å². The van der Waals surface area contributed by atoms with Crippen molar-refractivity contribution in [1.82, 2.24) is 10.2 Å². The van der Waals surface area contributed by atoms with Crippen LogP contribution in [0.2, 0.25) is 0 Å². The number of benzene rings is 1. The minimum Gasteiger partial charge on any atom is -0.472 e. The van der Waals surface area contributed by atoms with Gasteiger partial charge in [-0.15, -0.1) is 0 Å². The molecule has 31 heavy (non-hydrogen) atoms. The van der Waals surface area contributed by atoms with E-state index in [1.54, 1.807) is 20.8 Å². The summed E-state index contributed by atoms with van der Waals surface area (Å²) in [7, 11) is 0. The van der Waals surface area contributed by atoms with Crippen molar-refractivity contribution in [2.75, 3.05) is 6.54 Å². The van der Waals surface area contributed by atoms with Gasteiger partial charge in [0.2, 0.25) is 0 Å². The Morgan fingerprint density at radius 2 is 1.84 bits per heavy atom. The first-order valence-corrected chi connectivity index (χ1v) is 10.6. The maximum atomic E-state index is 13.1. The van der Waals surface area contributed by atoms with Crippen molar-refractivity contribution < 1.29 is 23.8 Å². The molecule has 7 nitrogen and oxygen atoms in total. The van der Waals surface area contributed by atoms with Gasteiger partial charge in [0.05, 0.1) is 17.9 Å². The van der Waals surface area contributed by atoms with Gasteiger partial charge in [-0.05, 0) is 51.2 Å². The molecule has 170 valence electrons. The molecule has 0 bridgehead atoms. The van der Waals surface area contributed by atoms with Gasteiger partial charge in [-0.3, -0.25) is 4.79 Å². The van der Waals surface area contributed by atoms with E-state index in [0.29, 0.717) is 24.4 Å². The van der Waals surface area contributed by atoms with Crippen LogP contribution in [0.15, 0.2) is 53.3 Å². The first kappa shape index (κ1) is 24.5. The Kier molecular flexibility index (Phi) is 8.68. The lowest BCUT2D eigenvalue weighted by Gasteiger charge is -2.36. The summed E-state index contributed by atoms with van der Waals surface area (Å²) in [6, 6.07) is 10.3. The van der Waals surface area contributed by atoms with E-state index in [1.165, 1.54) is 23.5 Å². The van der Waals surface area contributed by atoms with Gasteiger partial charge in [-0.1, -0.05) is 44.2 Å². The Balaban J connectivity index is 2.31. The molecule has 0 saturated heterocycles. The standard InChI is InChI=1S/C24H34N2O5/c1-17(2)11-13-26(23(29)31-24(3,4)5)20(15-18-9-7-6-8-10-18)22(28)25-21(27)19-12-14-30-16-19/h6-10,12,14,16-17,20,22,28H,11,13,15H2,1-5H3,(H,25,27). The van der Waals surface area contributed by atoms with Crippen LogP contribution in [0.1, 0.15) is 57.0 Å². The highest BCUT2D eigenvalue weighted by Crippen LogP contribution is 2.19. The number of aliphatic hydroxyl groups is 1. The molecular formula is C24H34N2O5. The lowest BCUT2D eigenvalue weighted by Crippen LogP contribution is -2.56. The Bertz CT molecular complexity index is 812. The third-order valence-electron chi connectivity index (χ3n) is 4.69. The molecule has 2 N–H and O–H groups in total. The Hall–Kier alpha value is -2.80. The summed E-state index contributed by atoms with van der Waals surface area (Å²) >= 11 is 0. The number of nitrogens with one attached hydrogen (secondary N) is 1. The quantitative estimate of drug-likeness (QED) is 0.581. The summed E-state index contributed by atoms with van der Waals surface area (Å²) in [6.07, 6.45) is 1.95. The summed E-state index contributed by atoms with van der Waals surface area (Å²) in [6.45, 7) is 9.92. The van der Waals surface area contributed by atoms with Crippen molar-refractivity contribution in [2.45, 2.75) is 65.3 Å². The highest BCUT2D eigenvalue weighted by Gasteiger charge is 2.34. The fourth-order valence-electron chi connectivity index (χ4n) is 3.07. The summed E-state index contributed by atoms with van der Waals surface area (Å²) in [5.41, 5.74) is 0.542. The molecule has 2 aromatic rings. The third-order valence-corrected chi connectivity index (χ3v) is 4.69. The van der Waals surface area contributed by atoms with Gasteiger partial charge in [0.25, 0.3) is 5.91 Å². The SMILES string of the molecule is CC(C)CCN(C(=O)OC(C)(C)C)C(Cc1ccccc1)C(O)NC(=O)c1ccoc1. The number of rotatable bonds is 9. The molecule has 0 aliphatic rings. The predicted molar refractivity (Wildman–Crippen MR) is 119 cm³/mol. The van der Waals surface area contributed by atoms with Crippen molar-refractivity contribution >= 4 is 12.0 Å². The van der Waals surface area contributed by atoms with Crippen LogP contribution in [-0.2, 0) is 11.2 Å². The largest absolute Gasteiger partial charge is 0.472 e. The first-order chi connectivity index (χ1) is 14.6. The molecule has 0 spiro atoms. The molecule has 2 unspecified atom stereocenters. The van der Waals surface area contributed by atoms with Crippen molar-refractivity contribution in [1.29, 1.82) is 0 Å². The zero-order valence-electron chi connectivity index (χ0n) is 19.0. The van der Waals surface area contributed by atoms with E-state index in [0.717, 1.165) is 12.0 Å². The Morgan fingerprint density at radius 3 is 2.39 bits per heavy atom. The molecule has 7 heteroatoms. The van der Waals surface area contributed by atoms with Crippen LogP contribution in [0.3, 0.4) is 0 Å². The second-order valence-corrected chi connectivity index (χ2v) is 9.04. The predicted octanol–water partition coefficient (Wildman–Crippen LogP) is 4.22. The molecule has 2 amide bonds. The third kappa shape index (κ3) is 8.09. The monoisotopic (exact) mass is 430 g/mol. The molecule has 0 aliphatic heterocycles. The van der Waals surface area contributed by atoms with Crippen molar-refractivity contribution in [3.8, 4) is 0 Å².